The van der Waals surface area contributed by atoms with E-state index in [9.17, 15) is 9.59 Å². The molecule has 1 unspecified atom stereocenters. The predicted molar refractivity (Wildman–Crippen MR) is 107 cm³/mol. The van der Waals surface area contributed by atoms with Crippen LogP contribution in [0.3, 0.4) is 0 Å². The molecule has 1 amide bonds. The van der Waals surface area contributed by atoms with Crippen LogP contribution in [0.2, 0.25) is 0 Å². The second-order valence-electron chi connectivity index (χ2n) is 6.66. The summed E-state index contributed by atoms with van der Waals surface area (Å²) in [5.41, 5.74) is 2.85. The number of para-hydroxylation sites is 1. The van der Waals surface area contributed by atoms with Crippen molar-refractivity contribution in [2.75, 3.05) is 31.8 Å². The number of thioether (sulfide) groups is 2. The van der Waals surface area contributed by atoms with Crippen LogP contribution in [-0.2, 0) is 13.6 Å². The van der Waals surface area contributed by atoms with Crippen LogP contribution in [0, 0.1) is 5.92 Å². The standard InChI is InChI=1S/C19H22N2O3S2/c1-24-7-6-20-16(23)11-12-10-15(22)17-13-4-2-3-5-14(13)21-18(17)19(12)25-8-9-26-19/h2-5,12,21H,6-11H2,1H3,(H,20,23). The Hall–Kier alpha value is -1.44. The highest BCUT2D eigenvalue weighted by Gasteiger charge is 2.52. The molecule has 1 aliphatic heterocycles. The number of amides is 1. The third kappa shape index (κ3) is 2.96. The Morgan fingerprint density at radius 1 is 1.35 bits per heavy atom. The number of ketones is 1. The third-order valence-electron chi connectivity index (χ3n) is 5.08. The number of nitrogens with one attached hydrogen (secondary N) is 2. The maximum atomic E-state index is 13.0. The molecule has 4 rings (SSSR count). The Morgan fingerprint density at radius 2 is 2.12 bits per heavy atom. The van der Waals surface area contributed by atoms with Crippen molar-refractivity contribution < 1.29 is 14.3 Å². The molecular weight excluding hydrogens is 368 g/mol. The number of benzene rings is 1. The first-order valence-electron chi connectivity index (χ1n) is 8.83. The van der Waals surface area contributed by atoms with Crippen LogP contribution in [0.4, 0.5) is 0 Å². The monoisotopic (exact) mass is 390 g/mol. The minimum absolute atomic E-state index is 0.00407. The van der Waals surface area contributed by atoms with Gasteiger partial charge < -0.3 is 15.0 Å². The van der Waals surface area contributed by atoms with Gasteiger partial charge in [0.1, 0.15) is 4.08 Å². The second-order valence-corrected chi connectivity index (χ2v) is 9.60. The van der Waals surface area contributed by atoms with Crippen molar-refractivity contribution in [3.05, 3.63) is 35.5 Å². The van der Waals surface area contributed by atoms with E-state index in [4.69, 9.17) is 4.74 Å². The number of Topliss-reactive ketones (excluding diaryl/α,β-unsaturated/α-hetero) is 1. The number of ether oxygens (including phenoxy) is 1. The fraction of sp³-hybridized carbons (Fsp3) is 0.474. The molecule has 2 aromatic rings. The van der Waals surface area contributed by atoms with E-state index in [1.54, 1.807) is 7.11 Å². The van der Waals surface area contributed by atoms with Crippen molar-refractivity contribution in [3.63, 3.8) is 0 Å². The normalized spacial score (nSPS) is 21.3. The van der Waals surface area contributed by atoms with Crippen LogP contribution >= 0.6 is 23.5 Å². The van der Waals surface area contributed by atoms with Crippen molar-refractivity contribution in [1.82, 2.24) is 10.3 Å². The summed E-state index contributed by atoms with van der Waals surface area (Å²) in [4.78, 5) is 28.9. The number of hydrogen-bond acceptors (Lipinski definition) is 5. The summed E-state index contributed by atoms with van der Waals surface area (Å²) in [6.45, 7) is 0.997. The molecular formula is C19H22N2O3S2. The first-order valence-corrected chi connectivity index (χ1v) is 10.8. The molecule has 1 aromatic heterocycles. The van der Waals surface area contributed by atoms with Gasteiger partial charge in [0, 0.05) is 60.4 Å². The molecule has 1 fully saturated rings. The van der Waals surface area contributed by atoms with E-state index in [1.807, 2.05) is 47.8 Å². The Bertz CT molecular complexity index is 842. The Kier molecular flexibility index (Phi) is 5.03. The van der Waals surface area contributed by atoms with Crippen LogP contribution in [0.15, 0.2) is 24.3 Å². The lowest BCUT2D eigenvalue weighted by molar-refractivity contribution is -0.122. The van der Waals surface area contributed by atoms with E-state index in [0.29, 0.717) is 26.0 Å². The lowest BCUT2D eigenvalue weighted by atomic mass is 9.82. The summed E-state index contributed by atoms with van der Waals surface area (Å²) in [6, 6.07) is 7.99. The van der Waals surface area contributed by atoms with Crippen molar-refractivity contribution in [2.24, 2.45) is 5.92 Å². The zero-order chi connectivity index (χ0) is 18.1. The quantitative estimate of drug-likeness (QED) is 0.768. The van der Waals surface area contributed by atoms with Gasteiger partial charge >= 0.3 is 0 Å². The first kappa shape index (κ1) is 17.9. The number of H-pyrrole nitrogens is 1. The lowest BCUT2D eigenvalue weighted by Crippen LogP contribution is -2.39. The average molecular weight is 391 g/mol. The highest BCUT2D eigenvalue weighted by molar-refractivity contribution is 8.20. The molecule has 0 bridgehead atoms. The van der Waals surface area contributed by atoms with Crippen LogP contribution in [-0.4, -0.2) is 48.4 Å². The summed E-state index contributed by atoms with van der Waals surface area (Å²) in [5, 5.41) is 3.90. The van der Waals surface area contributed by atoms with Gasteiger partial charge in [0.15, 0.2) is 5.78 Å². The highest BCUT2D eigenvalue weighted by atomic mass is 32.2. The Labute approximate surface area is 161 Å². The number of rotatable bonds is 5. The summed E-state index contributed by atoms with van der Waals surface area (Å²) in [7, 11) is 1.62. The molecule has 0 radical (unpaired) electrons. The molecule has 138 valence electrons. The Morgan fingerprint density at radius 3 is 2.88 bits per heavy atom. The molecule has 1 aromatic carbocycles. The number of hydrogen-bond donors (Lipinski definition) is 2. The summed E-state index contributed by atoms with van der Waals surface area (Å²) in [5.74, 6) is 2.21. The molecule has 1 spiro atoms. The molecule has 26 heavy (non-hydrogen) atoms. The van der Waals surface area contributed by atoms with Crippen molar-refractivity contribution in [2.45, 2.75) is 16.9 Å². The van der Waals surface area contributed by atoms with Gasteiger partial charge in [0.25, 0.3) is 0 Å². The van der Waals surface area contributed by atoms with Gasteiger partial charge in [-0.3, -0.25) is 9.59 Å². The number of aromatic amines is 1. The van der Waals surface area contributed by atoms with Gasteiger partial charge in [-0.15, -0.1) is 23.5 Å². The summed E-state index contributed by atoms with van der Waals surface area (Å²) in [6.07, 6.45) is 0.788. The van der Waals surface area contributed by atoms with E-state index >= 15 is 0 Å². The molecule has 1 atom stereocenters. The molecule has 1 saturated heterocycles. The Balaban J connectivity index is 1.69. The minimum Gasteiger partial charge on any atom is -0.383 e. The molecule has 2 aliphatic rings. The van der Waals surface area contributed by atoms with Gasteiger partial charge in [0.05, 0.1) is 12.3 Å². The third-order valence-corrected chi connectivity index (χ3v) is 8.79. The zero-order valence-electron chi connectivity index (χ0n) is 14.7. The molecule has 5 nitrogen and oxygen atoms in total. The van der Waals surface area contributed by atoms with E-state index in [-0.39, 0.29) is 21.7 Å². The first-order chi connectivity index (χ1) is 12.7. The highest BCUT2D eigenvalue weighted by Crippen LogP contribution is 2.61. The number of fused-ring (bicyclic) bond motifs is 4. The lowest BCUT2D eigenvalue weighted by Gasteiger charge is -2.39. The maximum Gasteiger partial charge on any atom is 0.220 e. The zero-order valence-corrected chi connectivity index (χ0v) is 16.3. The summed E-state index contributed by atoms with van der Waals surface area (Å²) >= 11 is 3.76. The fourth-order valence-electron chi connectivity index (χ4n) is 3.96. The van der Waals surface area contributed by atoms with Crippen molar-refractivity contribution in [1.29, 1.82) is 0 Å². The van der Waals surface area contributed by atoms with Crippen LogP contribution < -0.4 is 5.32 Å². The molecule has 2 N–H and O–H groups in total. The van der Waals surface area contributed by atoms with Gasteiger partial charge in [-0.2, -0.15) is 0 Å². The van der Waals surface area contributed by atoms with Crippen molar-refractivity contribution >= 4 is 46.1 Å². The number of methoxy groups -OCH3 is 1. The van der Waals surface area contributed by atoms with Crippen LogP contribution in [0.25, 0.3) is 10.9 Å². The predicted octanol–water partition coefficient (Wildman–Crippen LogP) is 3.16. The molecule has 1 aliphatic carbocycles. The largest absolute Gasteiger partial charge is 0.383 e. The van der Waals surface area contributed by atoms with Gasteiger partial charge in [-0.05, 0) is 6.07 Å². The number of aromatic nitrogens is 1. The van der Waals surface area contributed by atoms with Crippen LogP contribution in [0.1, 0.15) is 28.9 Å². The van der Waals surface area contributed by atoms with E-state index in [0.717, 1.165) is 33.7 Å². The smallest absolute Gasteiger partial charge is 0.220 e. The maximum absolute atomic E-state index is 13.0. The van der Waals surface area contributed by atoms with Crippen LogP contribution in [0.5, 0.6) is 0 Å². The van der Waals surface area contributed by atoms with Gasteiger partial charge in [-0.25, -0.2) is 0 Å². The van der Waals surface area contributed by atoms with E-state index in [1.165, 1.54) is 0 Å². The SMILES string of the molecule is COCCNC(=O)CC1CC(=O)c2c([nH]c3ccccc23)C12SCCS2. The molecule has 0 saturated carbocycles. The second kappa shape index (κ2) is 7.29. The number of carbonyl (C=O) groups excluding carboxylic acids is 2. The minimum atomic E-state index is -0.235. The van der Waals surface area contributed by atoms with E-state index in [2.05, 4.69) is 10.3 Å². The van der Waals surface area contributed by atoms with Gasteiger partial charge in [-0.1, -0.05) is 18.2 Å². The molecule has 2 heterocycles. The number of carbonyl (C=O) groups is 2. The fourth-order valence-corrected chi connectivity index (χ4v) is 7.47. The van der Waals surface area contributed by atoms with E-state index < -0.39 is 0 Å². The summed E-state index contributed by atoms with van der Waals surface area (Å²) < 4.78 is 4.76. The van der Waals surface area contributed by atoms with Gasteiger partial charge in [0.2, 0.25) is 5.91 Å². The molecule has 7 heteroatoms. The van der Waals surface area contributed by atoms with Crippen molar-refractivity contribution in [3.8, 4) is 0 Å². The topological polar surface area (TPSA) is 71.2 Å². The average Bonchev–Trinajstić information content (AvgIpc) is 3.26.